The number of benzene rings is 1. The Bertz CT molecular complexity index is 643. The number of nitrogens with zero attached hydrogens (tertiary/aromatic N) is 2. The molecule has 0 aromatic heterocycles. The van der Waals surface area contributed by atoms with Gasteiger partial charge in [0.2, 0.25) is 11.8 Å². The third-order valence-corrected chi connectivity index (χ3v) is 5.39. The Balaban J connectivity index is 1.71. The van der Waals surface area contributed by atoms with Crippen LogP contribution in [-0.4, -0.2) is 48.1 Å². The Morgan fingerprint density at radius 2 is 2.00 bits per heavy atom. The Labute approximate surface area is 143 Å². The Morgan fingerprint density at radius 3 is 2.71 bits per heavy atom. The van der Waals surface area contributed by atoms with Crippen LogP contribution in [0.3, 0.4) is 0 Å². The summed E-state index contributed by atoms with van der Waals surface area (Å²) >= 11 is 0. The van der Waals surface area contributed by atoms with Crippen LogP contribution in [0.15, 0.2) is 18.2 Å². The molecule has 2 atom stereocenters. The second-order valence-electron chi connectivity index (χ2n) is 7.07. The highest BCUT2D eigenvalue weighted by atomic mass is 16.3. The van der Waals surface area contributed by atoms with Gasteiger partial charge in [0.15, 0.2) is 0 Å². The third kappa shape index (κ3) is 3.18. The molecule has 3 rings (SSSR count). The maximum absolute atomic E-state index is 12.8. The van der Waals surface area contributed by atoms with E-state index in [1.165, 1.54) is 5.56 Å². The van der Waals surface area contributed by atoms with Crippen LogP contribution in [0.2, 0.25) is 0 Å². The second-order valence-corrected chi connectivity index (χ2v) is 7.07. The molecule has 0 bridgehead atoms. The van der Waals surface area contributed by atoms with Gasteiger partial charge in [0.25, 0.3) is 0 Å². The van der Waals surface area contributed by atoms with Crippen molar-refractivity contribution < 1.29 is 14.7 Å². The van der Waals surface area contributed by atoms with Crippen LogP contribution in [-0.2, 0) is 9.59 Å². The van der Waals surface area contributed by atoms with Crippen LogP contribution < -0.4 is 4.90 Å². The fourth-order valence-corrected chi connectivity index (χ4v) is 3.69. The smallest absolute Gasteiger partial charge is 0.239 e. The van der Waals surface area contributed by atoms with Crippen molar-refractivity contribution in [3.63, 3.8) is 0 Å². The maximum Gasteiger partial charge on any atom is 0.239 e. The van der Waals surface area contributed by atoms with E-state index in [1.54, 1.807) is 9.80 Å². The van der Waals surface area contributed by atoms with Crippen molar-refractivity contribution in [3.05, 3.63) is 29.3 Å². The third-order valence-electron chi connectivity index (χ3n) is 5.39. The molecular weight excluding hydrogens is 304 g/mol. The van der Waals surface area contributed by atoms with Crippen LogP contribution >= 0.6 is 0 Å². The number of carbonyl (C=O) groups excluding carboxylic acids is 2. The number of piperidine rings is 1. The first-order chi connectivity index (χ1) is 11.5. The summed E-state index contributed by atoms with van der Waals surface area (Å²) in [7, 11) is 0. The van der Waals surface area contributed by atoms with E-state index in [-0.39, 0.29) is 24.3 Å². The van der Waals surface area contributed by atoms with E-state index in [0.717, 1.165) is 24.1 Å². The molecule has 1 aromatic carbocycles. The molecule has 130 valence electrons. The van der Waals surface area contributed by atoms with Crippen LogP contribution in [0.4, 0.5) is 5.69 Å². The highest BCUT2D eigenvalue weighted by Crippen LogP contribution is 2.29. The maximum atomic E-state index is 12.8. The minimum Gasteiger partial charge on any atom is -0.396 e. The monoisotopic (exact) mass is 330 g/mol. The molecule has 0 radical (unpaired) electrons. The predicted octanol–water partition coefficient (Wildman–Crippen LogP) is 1.89. The lowest BCUT2D eigenvalue weighted by atomic mass is 9.97. The molecule has 0 saturated carbocycles. The molecule has 2 amide bonds. The lowest BCUT2D eigenvalue weighted by Gasteiger charge is -2.33. The molecule has 2 fully saturated rings. The van der Waals surface area contributed by atoms with Crippen molar-refractivity contribution in [1.82, 2.24) is 4.90 Å². The van der Waals surface area contributed by atoms with Crippen molar-refractivity contribution in [2.75, 3.05) is 31.1 Å². The molecule has 1 aromatic rings. The van der Waals surface area contributed by atoms with Gasteiger partial charge in [-0.1, -0.05) is 6.07 Å². The van der Waals surface area contributed by atoms with Gasteiger partial charge in [0, 0.05) is 31.9 Å². The molecule has 2 aliphatic rings. The van der Waals surface area contributed by atoms with Crippen molar-refractivity contribution >= 4 is 17.5 Å². The van der Waals surface area contributed by atoms with Crippen LogP contribution in [0, 0.1) is 25.7 Å². The summed E-state index contributed by atoms with van der Waals surface area (Å²) < 4.78 is 0. The Morgan fingerprint density at radius 1 is 1.21 bits per heavy atom. The lowest BCUT2D eigenvalue weighted by molar-refractivity contribution is -0.141. The minimum atomic E-state index is -0.566. The first kappa shape index (κ1) is 17.0. The van der Waals surface area contributed by atoms with Crippen LogP contribution in [0.5, 0.6) is 0 Å². The van der Waals surface area contributed by atoms with E-state index in [0.29, 0.717) is 26.1 Å². The summed E-state index contributed by atoms with van der Waals surface area (Å²) in [5.74, 6) is -0.571. The van der Waals surface area contributed by atoms with E-state index in [9.17, 15) is 14.7 Å². The average Bonchev–Trinajstić information content (AvgIpc) is 2.98. The SMILES string of the molecule is Cc1ccc(N2CCC(C(=O)N3CCCC(CO)C3)C2=O)cc1C. The van der Waals surface area contributed by atoms with Gasteiger partial charge in [0.05, 0.1) is 0 Å². The summed E-state index contributed by atoms with van der Waals surface area (Å²) in [6, 6.07) is 5.99. The summed E-state index contributed by atoms with van der Waals surface area (Å²) in [5.41, 5.74) is 3.23. The van der Waals surface area contributed by atoms with E-state index in [4.69, 9.17) is 0 Å². The number of aliphatic hydroxyl groups is 1. The van der Waals surface area contributed by atoms with Gasteiger partial charge in [-0.2, -0.15) is 0 Å². The topological polar surface area (TPSA) is 60.9 Å². The molecule has 24 heavy (non-hydrogen) atoms. The molecule has 0 spiro atoms. The quantitative estimate of drug-likeness (QED) is 0.861. The highest BCUT2D eigenvalue weighted by Gasteiger charge is 2.40. The zero-order valence-electron chi connectivity index (χ0n) is 14.5. The van der Waals surface area contributed by atoms with Crippen LogP contribution in [0.25, 0.3) is 0 Å². The molecule has 2 heterocycles. The number of carbonyl (C=O) groups is 2. The minimum absolute atomic E-state index is 0.0653. The van der Waals surface area contributed by atoms with E-state index in [1.807, 2.05) is 32.0 Å². The molecule has 2 unspecified atom stereocenters. The number of hydrogen-bond donors (Lipinski definition) is 1. The summed E-state index contributed by atoms with van der Waals surface area (Å²) in [6.07, 6.45) is 2.43. The summed E-state index contributed by atoms with van der Waals surface area (Å²) in [5, 5.41) is 9.33. The number of rotatable bonds is 3. The summed E-state index contributed by atoms with van der Waals surface area (Å²) in [6.45, 7) is 6.05. The van der Waals surface area contributed by atoms with Gasteiger partial charge in [-0.3, -0.25) is 9.59 Å². The summed E-state index contributed by atoms with van der Waals surface area (Å²) in [4.78, 5) is 29.0. The standard InChI is InChI=1S/C19H26N2O3/c1-13-5-6-16(10-14(13)2)21-9-7-17(19(21)24)18(23)20-8-3-4-15(11-20)12-22/h5-6,10,15,17,22H,3-4,7-9,11-12H2,1-2H3. The first-order valence-electron chi connectivity index (χ1n) is 8.79. The Hall–Kier alpha value is -1.88. The van der Waals surface area contributed by atoms with Crippen molar-refractivity contribution in [2.45, 2.75) is 33.1 Å². The van der Waals surface area contributed by atoms with E-state index in [2.05, 4.69) is 0 Å². The number of aryl methyl sites for hydroxylation is 2. The molecule has 1 N–H and O–H groups in total. The normalized spacial score (nSPS) is 24.5. The van der Waals surface area contributed by atoms with E-state index >= 15 is 0 Å². The first-order valence-corrected chi connectivity index (χ1v) is 8.79. The van der Waals surface area contributed by atoms with Crippen molar-refractivity contribution in [3.8, 4) is 0 Å². The lowest BCUT2D eigenvalue weighted by Crippen LogP contribution is -2.45. The molecular formula is C19H26N2O3. The van der Waals surface area contributed by atoms with Gasteiger partial charge in [-0.15, -0.1) is 0 Å². The van der Waals surface area contributed by atoms with Gasteiger partial charge in [0.1, 0.15) is 5.92 Å². The van der Waals surface area contributed by atoms with Gasteiger partial charge in [-0.05, 0) is 62.3 Å². The average molecular weight is 330 g/mol. The Kier molecular flexibility index (Phi) is 4.90. The number of hydrogen-bond acceptors (Lipinski definition) is 3. The number of aliphatic hydroxyl groups excluding tert-OH is 1. The van der Waals surface area contributed by atoms with E-state index < -0.39 is 5.92 Å². The largest absolute Gasteiger partial charge is 0.396 e. The van der Waals surface area contributed by atoms with Crippen molar-refractivity contribution in [2.24, 2.45) is 11.8 Å². The number of likely N-dealkylation sites (tertiary alicyclic amines) is 1. The van der Waals surface area contributed by atoms with Gasteiger partial charge >= 0.3 is 0 Å². The predicted molar refractivity (Wildman–Crippen MR) is 92.8 cm³/mol. The fourth-order valence-electron chi connectivity index (χ4n) is 3.69. The molecule has 5 nitrogen and oxygen atoms in total. The zero-order chi connectivity index (χ0) is 17.3. The molecule has 2 saturated heterocycles. The molecule has 5 heteroatoms. The highest BCUT2D eigenvalue weighted by molar-refractivity contribution is 6.09. The van der Waals surface area contributed by atoms with Crippen molar-refractivity contribution in [1.29, 1.82) is 0 Å². The fraction of sp³-hybridized carbons (Fsp3) is 0.579. The van der Waals surface area contributed by atoms with Gasteiger partial charge < -0.3 is 14.9 Å². The second kappa shape index (κ2) is 6.93. The molecule has 0 aliphatic carbocycles. The van der Waals surface area contributed by atoms with Gasteiger partial charge in [-0.25, -0.2) is 0 Å². The number of anilines is 1. The zero-order valence-corrected chi connectivity index (χ0v) is 14.5. The number of amides is 2. The molecule has 2 aliphatic heterocycles. The van der Waals surface area contributed by atoms with Crippen LogP contribution in [0.1, 0.15) is 30.4 Å².